The molecule has 134 valence electrons. The molecule has 1 heterocycles. The highest BCUT2D eigenvalue weighted by Crippen LogP contribution is 2.24. The standard InChI is InChI=1S/C16H25N2O5P/c1-2-3-5-8-15(19)17-11-7-4-6-9-16(20)18-12-10-14(13-18)23-24(21)22/h1,14H,3-13H2,(H-,17,19,21,22)/p+1/t14-/m0/s1. The molecule has 0 spiro atoms. The van der Waals surface area contributed by atoms with Gasteiger partial charge in [-0.15, -0.1) is 21.8 Å². The van der Waals surface area contributed by atoms with E-state index in [4.69, 9.17) is 15.8 Å². The molecule has 2 N–H and O–H groups in total. The molecule has 2 amide bonds. The molecule has 24 heavy (non-hydrogen) atoms. The van der Waals surface area contributed by atoms with E-state index in [0.29, 0.717) is 51.7 Å². The summed E-state index contributed by atoms with van der Waals surface area (Å²) in [5.41, 5.74) is 0. The van der Waals surface area contributed by atoms with E-state index >= 15 is 0 Å². The summed E-state index contributed by atoms with van der Waals surface area (Å²) in [5.74, 6) is 2.57. The molecule has 0 bridgehead atoms. The van der Waals surface area contributed by atoms with Crippen molar-refractivity contribution >= 4 is 20.1 Å². The average Bonchev–Trinajstić information content (AvgIpc) is 2.98. The number of rotatable bonds is 11. The minimum atomic E-state index is -2.61. The second-order valence-corrected chi connectivity index (χ2v) is 6.50. The maximum Gasteiger partial charge on any atom is 0.695 e. The van der Waals surface area contributed by atoms with Gasteiger partial charge in [0.2, 0.25) is 11.8 Å². The minimum absolute atomic E-state index is 0.0200. The molecule has 1 unspecified atom stereocenters. The van der Waals surface area contributed by atoms with Gasteiger partial charge in [-0.05, 0) is 25.7 Å². The molecular formula is C16H26N2O5P+. The summed E-state index contributed by atoms with van der Waals surface area (Å²) in [6.07, 6.45) is 10.1. The molecule has 0 saturated carbocycles. The van der Waals surface area contributed by atoms with Crippen molar-refractivity contribution in [1.82, 2.24) is 10.2 Å². The van der Waals surface area contributed by atoms with Gasteiger partial charge in [-0.1, -0.05) is 6.42 Å². The van der Waals surface area contributed by atoms with E-state index in [2.05, 4.69) is 11.2 Å². The van der Waals surface area contributed by atoms with Gasteiger partial charge in [0.1, 0.15) is 6.10 Å². The molecule has 0 radical (unpaired) electrons. The number of terminal acetylenes is 1. The predicted octanol–water partition coefficient (Wildman–Crippen LogP) is 1.73. The fraction of sp³-hybridized carbons (Fsp3) is 0.750. The second-order valence-electron chi connectivity index (χ2n) is 5.81. The molecule has 0 aliphatic carbocycles. The van der Waals surface area contributed by atoms with Crippen molar-refractivity contribution in [3.8, 4) is 12.3 Å². The Morgan fingerprint density at radius 1 is 1.29 bits per heavy atom. The number of likely N-dealkylation sites (tertiary alicyclic amines) is 1. The Bertz CT molecular complexity index is 478. The van der Waals surface area contributed by atoms with Crippen LogP contribution in [0, 0.1) is 12.3 Å². The maximum absolute atomic E-state index is 12.0. The Hall–Kier alpha value is -1.48. The second kappa shape index (κ2) is 12.0. The number of hydrogen-bond acceptors (Lipinski definition) is 4. The van der Waals surface area contributed by atoms with Crippen molar-refractivity contribution in [3.05, 3.63) is 0 Å². The van der Waals surface area contributed by atoms with Gasteiger partial charge in [-0.25, -0.2) is 0 Å². The monoisotopic (exact) mass is 357 g/mol. The summed E-state index contributed by atoms with van der Waals surface area (Å²) in [5, 5.41) is 2.84. The SMILES string of the molecule is C#CCCCC(=O)NCCCCCC(=O)N1CC[C@H](O[P+](=O)O)C1. The van der Waals surface area contributed by atoms with Crippen LogP contribution in [-0.4, -0.2) is 47.3 Å². The third-order valence-electron chi connectivity index (χ3n) is 3.85. The van der Waals surface area contributed by atoms with Crippen molar-refractivity contribution < 1.29 is 23.6 Å². The van der Waals surface area contributed by atoms with Crippen molar-refractivity contribution in [3.63, 3.8) is 0 Å². The molecule has 0 aromatic rings. The van der Waals surface area contributed by atoms with Gasteiger partial charge in [-0.3, -0.25) is 9.59 Å². The molecule has 1 rings (SSSR count). The predicted molar refractivity (Wildman–Crippen MR) is 90.1 cm³/mol. The highest BCUT2D eigenvalue weighted by Gasteiger charge is 2.32. The van der Waals surface area contributed by atoms with E-state index in [1.165, 1.54) is 0 Å². The quantitative estimate of drug-likeness (QED) is 0.334. The zero-order chi connectivity index (χ0) is 17.8. The van der Waals surface area contributed by atoms with Crippen LogP contribution in [0.25, 0.3) is 0 Å². The highest BCUT2D eigenvalue weighted by molar-refractivity contribution is 7.32. The smallest absolute Gasteiger partial charge is 0.356 e. The van der Waals surface area contributed by atoms with Crippen LogP contribution in [0.5, 0.6) is 0 Å². The lowest BCUT2D eigenvalue weighted by Gasteiger charge is -2.15. The molecule has 7 nitrogen and oxygen atoms in total. The van der Waals surface area contributed by atoms with Crippen molar-refractivity contribution in [2.75, 3.05) is 19.6 Å². The van der Waals surface area contributed by atoms with Crippen LogP contribution in [0.1, 0.15) is 51.4 Å². The van der Waals surface area contributed by atoms with Gasteiger partial charge in [0.25, 0.3) is 0 Å². The molecule has 0 aromatic carbocycles. The first-order valence-corrected chi connectivity index (χ1v) is 9.46. The van der Waals surface area contributed by atoms with Crippen LogP contribution in [0.2, 0.25) is 0 Å². The van der Waals surface area contributed by atoms with E-state index in [9.17, 15) is 14.2 Å². The van der Waals surface area contributed by atoms with Crippen molar-refractivity contribution in [1.29, 1.82) is 0 Å². The van der Waals surface area contributed by atoms with Gasteiger partial charge in [0.05, 0.1) is 6.54 Å². The maximum atomic E-state index is 12.0. The van der Waals surface area contributed by atoms with Crippen LogP contribution >= 0.6 is 8.25 Å². The third-order valence-corrected chi connectivity index (χ3v) is 4.33. The van der Waals surface area contributed by atoms with E-state index < -0.39 is 8.25 Å². The first-order valence-electron chi connectivity index (χ1n) is 8.33. The number of unbranched alkanes of at least 4 members (excludes halogenated alkanes) is 3. The summed E-state index contributed by atoms with van der Waals surface area (Å²) in [7, 11) is -2.61. The van der Waals surface area contributed by atoms with E-state index in [-0.39, 0.29) is 17.9 Å². The number of nitrogens with zero attached hydrogens (tertiary/aromatic N) is 1. The largest absolute Gasteiger partial charge is 0.695 e. The fourth-order valence-electron chi connectivity index (χ4n) is 2.57. The van der Waals surface area contributed by atoms with E-state index in [1.807, 2.05) is 0 Å². The Morgan fingerprint density at radius 3 is 2.79 bits per heavy atom. The van der Waals surface area contributed by atoms with Crippen LogP contribution in [0.15, 0.2) is 0 Å². The highest BCUT2D eigenvalue weighted by atomic mass is 31.1. The Morgan fingerprint density at radius 2 is 2.08 bits per heavy atom. The summed E-state index contributed by atoms with van der Waals surface area (Å²) in [6.45, 7) is 1.57. The lowest BCUT2D eigenvalue weighted by atomic mass is 10.1. The zero-order valence-electron chi connectivity index (χ0n) is 13.9. The molecule has 1 saturated heterocycles. The summed E-state index contributed by atoms with van der Waals surface area (Å²) >= 11 is 0. The van der Waals surface area contributed by atoms with Gasteiger partial charge in [-0.2, -0.15) is 0 Å². The molecule has 1 aliphatic heterocycles. The first kappa shape index (κ1) is 20.6. The lowest BCUT2D eigenvalue weighted by molar-refractivity contribution is -0.130. The molecule has 0 aromatic heterocycles. The van der Waals surface area contributed by atoms with Crippen molar-refractivity contribution in [2.24, 2.45) is 0 Å². The number of carbonyl (C=O) groups excluding carboxylic acids is 2. The Balaban J connectivity index is 2.01. The normalized spacial score (nSPS) is 17.4. The molecular weight excluding hydrogens is 331 g/mol. The topological polar surface area (TPSA) is 95.9 Å². The number of nitrogens with one attached hydrogen (secondary N) is 1. The summed E-state index contributed by atoms with van der Waals surface area (Å²) in [6, 6.07) is 0. The number of hydrogen-bond donors (Lipinski definition) is 2. The zero-order valence-corrected chi connectivity index (χ0v) is 14.8. The van der Waals surface area contributed by atoms with Gasteiger partial charge < -0.3 is 10.2 Å². The first-order chi connectivity index (χ1) is 11.5. The fourth-order valence-corrected chi connectivity index (χ4v) is 3.00. The van der Waals surface area contributed by atoms with E-state index in [1.54, 1.807) is 4.90 Å². The third kappa shape index (κ3) is 8.97. The Labute approximate surface area is 144 Å². The molecule has 1 aliphatic rings. The molecule has 8 heteroatoms. The van der Waals surface area contributed by atoms with Crippen LogP contribution in [0.3, 0.4) is 0 Å². The number of amides is 2. The molecule has 2 atom stereocenters. The van der Waals surface area contributed by atoms with Gasteiger partial charge in [0, 0.05) is 36.9 Å². The van der Waals surface area contributed by atoms with Crippen LogP contribution < -0.4 is 5.32 Å². The molecule has 1 fully saturated rings. The summed E-state index contributed by atoms with van der Waals surface area (Å²) < 4.78 is 15.4. The van der Waals surface area contributed by atoms with Gasteiger partial charge >= 0.3 is 8.25 Å². The van der Waals surface area contributed by atoms with E-state index in [0.717, 1.165) is 19.3 Å². The lowest BCUT2D eigenvalue weighted by Crippen LogP contribution is -2.29. The minimum Gasteiger partial charge on any atom is -0.356 e. The number of carbonyl (C=O) groups is 2. The summed E-state index contributed by atoms with van der Waals surface area (Å²) in [4.78, 5) is 33.8. The average molecular weight is 357 g/mol. The Kier molecular flexibility index (Phi) is 10.3. The van der Waals surface area contributed by atoms with Crippen LogP contribution in [0.4, 0.5) is 0 Å². The van der Waals surface area contributed by atoms with Gasteiger partial charge in [0.15, 0.2) is 0 Å². The van der Waals surface area contributed by atoms with Crippen molar-refractivity contribution in [2.45, 2.75) is 57.5 Å². The van der Waals surface area contributed by atoms with Crippen LogP contribution in [-0.2, 0) is 18.7 Å².